The van der Waals surface area contributed by atoms with Gasteiger partial charge in [0.2, 0.25) is 0 Å². The Morgan fingerprint density at radius 1 is 1.00 bits per heavy atom. The van der Waals surface area contributed by atoms with Gasteiger partial charge < -0.3 is 4.43 Å². The summed E-state index contributed by atoms with van der Waals surface area (Å²) in [5, 5.41) is 3.88. The summed E-state index contributed by atoms with van der Waals surface area (Å²) in [6, 6.07) is 21.2. The molecule has 0 spiro atoms. The Bertz CT molecular complexity index is 741. The van der Waals surface area contributed by atoms with E-state index in [1.54, 1.807) is 0 Å². The van der Waals surface area contributed by atoms with Crippen LogP contribution in [-0.4, -0.2) is 20.7 Å². The van der Waals surface area contributed by atoms with Crippen molar-refractivity contribution in [2.75, 3.05) is 6.61 Å². The molecule has 2 aliphatic rings. The minimum atomic E-state index is -2.50. The Balaban J connectivity index is 1.99. The SMILES string of the molecule is CCCC1=C2C(CO[Si]2(c2ccccc2)c2ccccc2)CC1=O. The van der Waals surface area contributed by atoms with Gasteiger partial charge in [-0.2, -0.15) is 0 Å². The van der Waals surface area contributed by atoms with E-state index in [1.165, 1.54) is 15.6 Å². The van der Waals surface area contributed by atoms with E-state index in [1.807, 2.05) is 12.1 Å². The van der Waals surface area contributed by atoms with Gasteiger partial charge in [-0.1, -0.05) is 74.0 Å². The highest BCUT2D eigenvalue weighted by Gasteiger charge is 2.55. The third kappa shape index (κ3) is 2.23. The maximum atomic E-state index is 12.6. The first-order valence-corrected chi connectivity index (χ1v) is 10.7. The maximum absolute atomic E-state index is 12.6. The molecule has 1 heterocycles. The van der Waals surface area contributed by atoms with Crippen molar-refractivity contribution in [1.82, 2.24) is 0 Å². The zero-order valence-electron chi connectivity index (χ0n) is 14.0. The maximum Gasteiger partial charge on any atom is 0.284 e. The molecule has 1 aliphatic heterocycles. The van der Waals surface area contributed by atoms with Crippen LogP contribution in [-0.2, 0) is 9.22 Å². The molecule has 1 saturated heterocycles. The molecule has 0 saturated carbocycles. The minimum absolute atomic E-state index is 0.283. The Morgan fingerprint density at radius 2 is 1.58 bits per heavy atom. The average molecular weight is 334 g/mol. The fraction of sp³-hybridized carbons (Fsp3) is 0.286. The van der Waals surface area contributed by atoms with Gasteiger partial charge in [-0.3, -0.25) is 4.79 Å². The lowest BCUT2D eigenvalue weighted by molar-refractivity contribution is -0.115. The highest BCUT2D eigenvalue weighted by Crippen LogP contribution is 2.43. The average Bonchev–Trinajstić information content (AvgIpc) is 3.15. The summed E-state index contributed by atoms with van der Waals surface area (Å²) in [4.78, 5) is 12.6. The van der Waals surface area contributed by atoms with Crippen molar-refractivity contribution >= 4 is 24.5 Å². The summed E-state index contributed by atoms with van der Waals surface area (Å²) in [7, 11) is -2.50. The molecule has 2 aromatic carbocycles. The molecule has 24 heavy (non-hydrogen) atoms. The van der Waals surface area contributed by atoms with Crippen LogP contribution >= 0.6 is 0 Å². The standard InChI is InChI=1S/C21H22O2Si/c1-2-9-19-20(22)14-16-15-23-24(21(16)19,17-10-5-3-6-11-17)18-12-7-4-8-13-18/h3-8,10-13,16H,2,9,14-15H2,1H3. The summed E-state index contributed by atoms with van der Waals surface area (Å²) in [5.74, 6) is 0.634. The molecule has 1 unspecified atom stereocenters. The molecule has 0 amide bonds. The van der Waals surface area contributed by atoms with Gasteiger partial charge in [-0.15, -0.1) is 0 Å². The van der Waals surface area contributed by atoms with Gasteiger partial charge in [0.05, 0.1) is 0 Å². The molecule has 4 rings (SSSR count). The van der Waals surface area contributed by atoms with Gasteiger partial charge in [0.25, 0.3) is 8.32 Å². The molecule has 0 N–H and O–H groups in total. The monoisotopic (exact) mass is 334 g/mol. The number of fused-ring (bicyclic) bond motifs is 1. The van der Waals surface area contributed by atoms with Crippen molar-refractivity contribution in [2.24, 2.45) is 5.92 Å². The number of hydrogen-bond acceptors (Lipinski definition) is 2. The van der Waals surface area contributed by atoms with Gasteiger partial charge in [-0.25, -0.2) is 0 Å². The molecule has 0 aromatic heterocycles. The fourth-order valence-corrected chi connectivity index (χ4v) is 8.97. The number of carbonyl (C=O) groups excluding carboxylic acids is 1. The largest absolute Gasteiger partial charge is 0.404 e. The van der Waals surface area contributed by atoms with E-state index in [0.717, 1.165) is 18.4 Å². The summed E-state index contributed by atoms with van der Waals surface area (Å²) in [6.07, 6.45) is 2.52. The van der Waals surface area contributed by atoms with Crippen LogP contribution < -0.4 is 10.4 Å². The molecule has 2 nitrogen and oxygen atoms in total. The third-order valence-corrected chi connectivity index (χ3v) is 9.60. The van der Waals surface area contributed by atoms with E-state index in [-0.39, 0.29) is 5.92 Å². The van der Waals surface area contributed by atoms with E-state index < -0.39 is 8.32 Å². The van der Waals surface area contributed by atoms with Gasteiger partial charge in [0, 0.05) is 18.9 Å². The summed E-state index contributed by atoms with van der Waals surface area (Å²) in [5.41, 5.74) is 1.07. The summed E-state index contributed by atoms with van der Waals surface area (Å²) >= 11 is 0. The van der Waals surface area contributed by atoms with Crippen molar-refractivity contribution in [2.45, 2.75) is 26.2 Å². The first-order valence-electron chi connectivity index (χ1n) is 8.79. The van der Waals surface area contributed by atoms with Gasteiger partial charge in [0.15, 0.2) is 5.78 Å². The van der Waals surface area contributed by atoms with Crippen molar-refractivity contribution in [3.05, 3.63) is 71.4 Å². The smallest absolute Gasteiger partial charge is 0.284 e. The molecular formula is C21H22O2Si. The second-order valence-corrected chi connectivity index (χ2v) is 10.0. The van der Waals surface area contributed by atoms with Crippen molar-refractivity contribution in [3.63, 3.8) is 0 Å². The first kappa shape index (κ1) is 15.5. The number of benzene rings is 2. The molecule has 0 bridgehead atoms. The molecule has 3 heteroatoms. The van der Waals surface area contributed by atoms with Crippen LogP contribution in [0.4, 0.5) is 0 Å². The molecule has 2 aromatic rings. The van der Waals surface area contributed by atoms with Crippen LogP contribution in [0.2, 0.25) is 0 Å². The van der Waals surface area contributed by atoms with Crippen molar-refractivity contribution in [1.29, 1.82) is 0 Å². The van der Waals surface area contributed by atoms with Gasteiger partial charge in [-0.05, 0) is 27.6 Å². The van der Waals surface area contributed by atoms with E-state index in [9.17, 15) is 4.79 Å². The van der Waals surface area contributed by atoms with E-state index in [0.29, 0.717) is 18.8 Å². The van der Waals surface area contributed by atoms with Crippen molar-refractivity contribution in [3.8, 4) is 0 Å². The normalized spacial score (nSPS) is 22.0. The van der Waals surface area contributed by atoms with Crippen LogP contribution in [0.25, 0.3) is 0 Å². The lowest BCUT2D eigenvalue weighted by Gasteiger charge is -2.29. The van der Waals surface area contributed by atoms with E-state index in [4.69, 9.17) is 4.43 Å². The number of hydrogen-bond donors (Lipinski definition) is 0. The fourth-order valence-electron chi connectivity index (χ4n) is 4.31. The molecule has 122 valence electrons. The number of Topliss-reactive ketones (excluding diaryl/α,β-unsaturated/α-hetero) is 1. The summed E-state index contributed by atoms with van der Waals surface area (Å²) in [6.45, 7) is 2.84. The lowest BCUT2D eigenvalue weighted by atomic mass is 10.1. The number of ketones is 1. The van der Waals surface area contributed by atoms with Crippen LogP contribution in [0.1, 0.15) is 26.2 Å². The minimum Gasteiger partial charge on any atom is -0.404 e. The Labute approximate surface area is 144 Å². The third-order valence-electron chi connectivity index (χ3n) is 5.24. The number of rotatable bonds is 4. The van der Waals surface area contributed by atoms with Crippen LogP contribution in [0, 0.1) is 5.92 Å². The predicted molar refractivity (Wildman–Crippen MR) is 98.9 cm³/mol. The number of allylic oxidation sites excluding steroid dienone is 1. The van der Waals surface area contributed by atoms with Crippen molar-refractivity contribution < 1.29 is 9.22 Å². The Kier molecular flexibility index (Phi) is 3.99. The zero-order chi connectivity index (χ0) is 16.6. The Hall–Kier alpha value is -1.97. The molecule has 0 radical (unpaired) electrons. The molecular weight excluding hydrogens is 312 g/mol. The topological polar surface area (TPSA) is 26.3 Å². The quantitative estimate of drug-likeness (QED) is 0.804. The second kappa shape index (κ2) is 6.15. The number of carbonyl (C=O) groups is 1. The first-order chi connectivity index (χ1) is 11.8. The molecule has 1 fully saturated rings. The highest BCUT2D eigenvalue weighted by molar-refractivity contribution is 7.03. The van der Waals surface area contributed by atoms with E-state index >= 15 is 0 Å². The molecule has 1 atom stereocenters. The lowest BCUT2D eigenvalue weighted by Crippen LogP contribution is -2.60. The molecule has 1 aliphatic carbocycles. The zero-order valence-corrected chi connectivity index (χ0v) is 15.0. The van der Waals surface area contributed by atoms with Gasteiger partial charge >= 0.3 is 0 Å². The Morgan fingerprint density at radius 3 is 2.12 bits per heavy atom. The van der Waals surface area contributed by atoms with E-state index in [2.05, 4.69) is 55.5 Å². The van der Waals surface area contributed by atoms with Gasteiger partial charge in [0.1, 0.15) is 0 Å². The van der Waals surface area contributed by atoms with Crippen LogP contribution in [0.5, 0.6) is 0 Å². The van der Waals surface area contributed by atoms with Crippen LogP contribution in [0.3, 0.4) is 0 Å². The second-order valence-electron chi connectivity index (χ2n) is 6.69. The highest BCUT2D eigenvalue weighted by atomic mass is 28.4. The summed E-state index contributed by atoms with van der Waals surface area (Å²) < 4.78 is 6.63. The van der Waals surface area contributed by atoms with Crippen LogP contribution in [0.15, 0.2) is 71.4 Å². The predicted octanol–water partition coefficient (Wildman–Crippen LogP) is 3.00.